The maximum Gasteiger partial charge on any atom is 0.100 e. The van der Waals surface area contributed by atoms with E-state index in [1.165, 1.54) is 70.0 Å². The first-order valence-corrected chi connectivity index (χ1v) is 9.42. The van der Waals surface area contributed by atoms with Gasteiger partial charge in [-0.25, -0.2) is 0 Å². The number of rotatable bonds is 13. The lowest BCUT2D eigenvalue weighted by molar-refractivity contribution is 0.358. The molecule has 0 aromatic carbocycles. The van der Waals surface area contributed by atoms with Crippen LogP contribution in [0.15, 0.2) is 17.1 Å². The minimum atomic E-state index is 0.120. The predicted molar refractivity (Wildman–Crippen MR) is 98.3 cm³/mol. The van der Waals surface area contributed by atoms with Gasteiger partial charge in [0.1, 0.15) is 5.84 Å². The maximum absolute atomic E-state index is 5.97. The zero-order valence-electron chi connectivity index (χ0n) is 14.9. The van der Waals surface area contributed by atoms with Gasteiger partial charge in [-0.2, -0.15) is 0 Å². The van der Waals surface area contributed by atoms with Crippen LogP contribution in [0.5, 0.6) is 0 Å². The predicted octanol–water partition coefficient (Wildman–Crippen LogP) is 4.87. The fourth-order valence-electron chi connectivity index (χ4n) is 3.12. The Labute approximate surface area is 138 Å². The number of nitrogens with two attached hydrogens (primary N) is 1. The Kier molecular flexibility index (Phi) is 11.1. The van der Waals surface area contributed by atoms with Gasteiger partial charge in [0.15, 0.2) is 0 Å². The van der Waals surface area contributed by atoms with E-state index < -0.39 is 0 Å². The second kappa shape index (κ2) is 12.7. The van der Waals surface area contributed by atoms with E-state index in [0.29, 0.717) is 0 Å². The summed E-state index contributed by atoms with van der Waals surface area (Å²) >= 11 is 0. The molecule has 3 nitrogen and oxygen atoms in total. The maximum atomic E-state index is 5.97. The van der Waals surface area contributed by atoms with Crippen LogP contribution < -0.4 is 5.73 Å². The van der Waals surface area contributed by atoms with Crippen molar-refractivity contribution in [1.82, 2.24) is 4.90 Å². The van der Waals surface area contributed by atoms with Gasteiger partial charge < -0.3 is 10.6 Å². The van der Waals surface area contributed by atoms with E-state index in [-0.39, 0.29) is 6.17 Å². The van der Waals surface area contributed by atoms with Crippen molar-refractivity contribution < 1.29 is 0 Å². The molecular weight excluding hydrogens is 270 g/mol. The fourth-order valence-corrected chi connectivity index (χ4v) is 3.12. The van der Waals surface area contributed by atoms with E-state index in [2.05, 4.69) is 35.9 Å². The van der Waals surface area contributed by atoms with Gasteiger partial charge in [0, 0.05) is 13.0 Å². The van der Waals surface area contributed by atoms with Crippen molar-refractivity contribution in [3.8, 4) is 0 Å². The third-order valence-corrected chi connectivity index (χ3v) is 4.47. The summed E-state index contributed by atoms with van der Waals surface area (Å²) in [6, 6.07) is 0. The molecule has 0 aromatic heterocycles. The molecule has 1 aliphatic rings. The number of nitrogens with zero attached hydrogens (tertiary/aromatic N) is 2. The highest BCUT2D eigenvalue weighted by Crippen LogP contribution is 2.14. The van der Waals surface area contributed by atoms with E-state index in [1.54, 1.807) is 0 Å². The molecule has 2 N–H and O–H groups in total. The van der Waals surface area contributed by atoms with Crippen molar-refractivity contribution in [2.75, 3.05) is 13.1 Å². The minimum absolute atomic E-state index is 0.120. The van der Waals surface area contributed by atoms with Gasteiger partial charge in [-0.3, -0.25) is 4.99 Å². The van der Waals surface area contributed by atoms with Crippen molar-refractivity contribution in [2.45, 2.75) is 90.6 Å². The van der Waals surface area contributed by atoms with Crippen LogP contribution in [0.2, 0.25) is 0 Å². The number of unbranched alkanes of at least 4 members (excludes halogenated alkanes) is 9. The molecule has 0 saturated carbocycles. The highest BCUT2D eigenvalue weighted by atomic mass is 15.3. The zero-order valence-corrected chi connectivity index (χ0v) is 14.9. The van der Waals surface area contributed by atoms with Crippen LogP contribution in [0, 0.1) is 0 Å². The molecule has 0 radical (unpaired) electrons. The average Bonchev–Trinajstić information content (AvgIpc) is 2.97. The lowest BCUT2D eigenvalue weighted by Crippen LogP contribution is -2.41. The van der Waals surface area contributed by atoms with E-state index in [1.807, 2.05) is 0 Å². The van der Waals surface area contributed by atoms with Crippen molar-refractivity contribution in [1.29, 1.82) is 0 Å². The highest BCUT2D eigenvalue weighted by molar-refractivity contribution is 5.83. The monoisotopic (exact) mass is 307 g/mol. The SMILES string of the molecule is C/C=C/CCCCCCCCCCCC1=NCCN1C(C)N. The number of allylic oxidation sites excluding steroid dienone is 2. The summed E-state index contributed by atoms with van der Waals surface area (Å²) < 4.78 is 0. The smallest absolute Gasteiger partial charge is 0.100 e. The molecule has 3 heteroatoms. The van der Waals surface area contributed by atoms with Gasteiger partial charge in [0.2, 0.25) is 0 Å². The van der Waals surface area contributed by atoms with Crippen molar-refractivity contribution in [3.63, 3.8) is 0 Å². The number of hydrogen-bond acceptors (Lipinski definition) is 3. The summed E-state index contributed by atoms with van der Waals surface area (Å²) in [6.07, 6.45) is 19.3. The number of hydrogen-bond donors (Lipinski definition) is 1. The van der Waals surface area contributed by atoms with Crippen molar-refractivity contribution >= 4 is 5.84 Å². The average molecular weight is 308 g/mol. The van der Waals surface area contributed by atoms with Crippen LogP contribution in [-0.2, 0) is 0 Å². The molecule has 1 heterocycles. The largest absolute Gasteiger partial charge is 0.343 e. The second-order valence-electron chi connectivity index (χ2n) is 6.52. The number of amidine groups is 1. The quantitative estimate of drug-likeness (QED) is 0.389. The van der Waals surface area contributed by atoms with Crippen LogP contribution in [0.25, 0.3) is 0 Å². The normalized spacial score (nSPS) is 16.5. The van der Waals surface area contributed by atoms with Crippen LogP contribution in [0.1, 0.15) is 84.5 Å². The molecule has 1 aliphatic heterocycles. The molecule has 1 rings (SSSR count). The molecule has 0 aliphatic carbocycles. The molecule has 0 saturated heterocycles. The minimum Gasteiger partial charge on any atom is -0.343 e. The first-order chi connectivity index (χ1) is 10.8. The van der Waals surface area contributed by atoms with Crippen LogP contribution in [0.3, 0.4) is 0 Å². The van der Waals surface area contributed by atoms with Gasteiger partial charge in [-0.1, -0.05) is 57.1 Å². The van der Waals surface area contributed by atoms with E-state index >= 15 is 0 Å². The Bertz CT molecular complexity index is 321. The Morgan fingerprint density at radius 3 is 2.23 bits per heavy atom. The van der Waals surface area contributed by atoms with Gasteiger partial charge >= 0.3 is 0 Å². The zero-order chi connectivity index (χ0) is 16.0. The summed E-state index contributed by atoms with van der Waals surface area (Å²) in [5.41, 5.74) is 5.97. The molecule has 1 unspecified atom stereocenters. The molecule has 1 atom stereocenters. The van der Waals surface area contributed by atoms with Gasteiger partial charge in [-0.05, 0) is 33.1 Å². The Hall–Kier alpha value is -0.830. The molecule has 22 heavy (non-hydrogen) atoms. The lowest BCUT2D eigenvalue weighted by atomic mass is 10.1. The summed E-state index contributed by atoms with van der Waals surface area (Å²) in [5, 5.41) is 0. The summed E-state index contributed by atoms with van der Waals surface area (Å²) in [6.45, 7) is 6.11. The molecule has 0 fully saturated rings. The highest BCUT2D eigenvalue weighted by Gasteiger charge is 2.18. The third kappa shape index (κ3) is 8.57. The molecule has 0 aromatic rings. The molecule has 0 amide bonds. The van der Waals surface area contributed by atoms with Crippen LogP contribution >= 0.6 is 0 Å². The topological polar surface area (TPSA) is 41.6 Å². The summed E-state index contributed by atoms with van der Waals surface area (Å²) in [4.78, 5) is 6.84. The van der Waals surface area contributed by atoms with Crippen LogP contribution in [0.4, 0.5) is 0 Å². The molecule has 0 spiro atoms. The fraction of sp³-hybridized carbons (Fsp3) is 0.842. The van der Waals surface area contributed by atoms with E-state index in [0.717, 1.165) is 19.5 Å². The summed E-state index contributed by atoms with van der Waals surface area (Å²) in [7, 11) is 0. The second-order valence-corrected chi connectivity index (χ2v) is 6.52. The van der Waals surface area contributed by atoms with Gasteiger partial charge in [-0.15, -0.1) is 0 Å². The van der Waals surface area contributed by atoms with Crippen molar-refractivity contribution in [2.24, 2.45) is 10.7 Å². The molecular formula is C19H37N3. The van der Waals surface area contributed by atoms with Crippen molar-refractivity contribution in [3.05, 3.63) is 12.2 Å². The standard InChI is InChI=1S/C19H37N3/c1-3-4-5-6-7-8-9-10-11-12-13-14-15-19-21-16-17-22(19)18(2)20/h3-4,18H,5-17,20H2,1-2H3/b4-3+. The lowest BCUT2D eigenvalue weighted by Gasteiger charge is -2.24. The first-order valence-electron chi connectivity index (χ1n) is 9.42. The first kappa shape index (κ1) is 19.2. The van der Waals surface area contributed by atoms with Gasteiger partial charge in [0.05, 0.1) is 12.7 Å². The Balaban J connectivity index is 1.86. The number of aliphatic imine (C=N–C) groups is 1. The van der Waals surface area contributed by atoms with E-state index in [4.69, 9.17) is 5.73 Å². The molecule has 128 valence electrons. The van der Waals surface area contributed by atoms with Crippen LogP contribution in [-0.4, -0.2) is 30.0 Å². The third-order valence-electron chi connectivity index (χ3n) is 4.47. The van der Waals surface area contributed by atoms with Gasteiger partial charge in [0.25, 0.3) is 0 Å². The molecule has 0 bridgehead atoms. The summed E-state index contributed by atoms with van der Waals surface area (Å²) in [5.74, 6) is 1.25. The Morgan fingerprint density at radius 1 is 1.05 bits per heavy atom. The Morgan fingerprint density at radius 2 is 1.64 bits per heavy atom. The van der Waals surface area contributed by atoms with E-state index in [9.17, 15) is 0 Å².